The molecule has 0 radical (unpaired) electrons. The van der Waals surface area contributed by atoms with Crippen LogP contribution >= 0.6 is 0 Å². The van der Waals surface area contributed by atoms with E-state index in [1.807, 2.05) is 42.2 Å². The van der Waals surface area contributed by atoms with Crippen molar-refractivity contribution in [1.29, 1.82) is 0 Å². The zero-order chi connectivity index (χ0) is 18.5. The predicted octanol–water partition coefficient (Wildman–Crippen LogP) is 2.94. The Morgan fingerprint density at radius 3 is 2.62 bits per heavy atom. The van der Waals surface area contributed by atoms with E-state index in [1.54, 1.807) is 0 Å². The molecule has 0 unspecified atom stereocenters. The van der Waals surface area contributed by atoms with Gasteiger partial charge in [0.1, 0.15) is 5.82 Å². The molecule has 0 bridgehead atoms. The largest absolute Gasteiger partial charge is 0.368 e. The minimum absolute atomic E-state index is 0.120. The maximum atomic E-state index is 12.4. The minimum atomic E-state index is 0.120. The Morgan fingerprint density at radius 2 is 1.96 bits per heavy atom. The van der Waals surface area contributed by atoms with Gasteiger partial charge in [-0.15, -0.1) is 6.58 Å². The van der Waals surface area contributed by atoms with Gasteiger partial charge in [-0.2, -0.15) is 4.98 Å². The third kappa shape index (κ3) is 4.02. The van der Waals surface area contributed by atoms with Crippen LogP contribution in [0.25, 0.3) is 0 Å². The Morgan fingerprint density at radius 1 is 1.27 bits per heavy atom. The molecule has 2 heterocycles. The molecule has 2 aromatic rings. The van der Waals surface area contributed by atoms with Crippen LogP contribution in [0.5, 0.6) is 0 Å². The number of hydrogen-bond donors (Lipinski definition) is 2. The number of anilines is 2. The Hall–Kier alpha value is -2.89. The zero-order valence-corrected chi connectivity index (χ0v) is 15.2. The highest BCUT2D eigenvalue weighted by Crippen LogP contribution is 2.20. The van der Waals surface area contributed by atoms with E-state index >= 15 is 0 Å². The maximum absolute atomic E-state index is 12.4. The van der Waals surface area contributed by atoms with Crippen LogP contribution in [-0.4, -0.2) is 33.9 Å². The second-order valence-electron chi connectivity index (χ2n) is 6.54. The summed E-state index contributed by atoms with van der Waals surface area (Å²) in [6, 6.07) is 7.73. The number of nitrogen functional groups attached to an aromatic ring is 1. The molecule has 26 heavy (non-hydrogen) atoms. The van der Waals surface area contributed by atoms with Gasteiger partial charge < -0.3 is 16.0 Å². The van der Waals surface area contributed by atoms with E-state index in [1.165, 1.54) is 0 Å². The molecule has 0 saturated carbocycles. The molecule has 1 amide bonds. The fourth-order valence-electron chi connectivity index (χ4n) is 3.21. The lowest BCUT2D eigenvalue weighted by Gasteiger charge is -2.16. The average Bonchev–Trinajstić information content (AvgIpc) is 3.17. The fourth-order valence-corrected chi connectivity index (χ4v) is 3.21. The molecule has 6 heteroatoms. The van der Waals surface area contributed by atoms with Crippen LogP contribution in [-0.2, 0) is 13.0 Å². The van der Waals surface area contributed by atoms with Gasteiger partial charge in [-0.3, -0.25) is 4.79 Å². The lowest BCUT2D eigenvalue weighted by atomic mass is 10.1. The highest BCUT2D eigenvalue weighted by molar-refractivity contribution is 5.94. The van der Waals surface area contributed by atoms with Crippen molar-refractivity contribution in [3.05, 3.63) is 59.3 Å². The molecular formula is C20H25N5O. The summed E-state index contributed by atoms with van der Waals surface area (Å²) in [6.45, 7) is 8.03. The summed E-state index contributed by atoms with van der Waals surface area (Å²) >= 11 is 0. The number of aryl methyl sites for hydroxylation is 1. The second-order valence-corrected chi connectivity index (χ2v) is 6.54. The first-order valence-corrected chi connectivity index (χ1v) is 8.94. The first-order valence-electron chi connectivity index (χ1n) is 8.94. The van der Waals surface area contributed by atoms with Crippen LogP contribution in [0.1, 0.15) is 40.0 Å². The van der Waals surface area contributed by atoms with Crippen LogP contribution in [0, 0.1) is 6.92 Å². The van der Waals surface area contributed by atoms with Crippen molar-refractivity contribution in [2.45, 2.75) is 32.7 Å². The summed E-state index contributed by atoms with van der Waals surface area (Å²) in [5.74, 6) is 1.10. The van der Waals surface area contributed by atoms with Crippen molar-refractivity contribution in [3.63, 3.8) is 0 Å². The first kappa shape index (κ1) is 17.9. The number of carbonyl (C=O) groups excluding carboxylic acids is 1. The number of benzene rings is 1. The molecule has 3 rings (SSSR count). The van der Waals surface area contributed by atoms with Crippen LogP contribution in [0.15, 0.2) is 36.9 Å². The van der Waals surface area contributed by atoms with E-state index in [-0.39, 0.29) is 11.9 Å². The minimum Gasteiger partial charge on any atom is -0.368 e. The number of likely N-dealkylation sites (tertiary alicyclic amines) is 1. The Bertz CT molecular complexity index is 795. The van der Waals surface area contributed by atoms with Gasteiger partial charge >= 0.3 is 0 Å². The summed E-state index contributed by atoms with van der Waals surface area (Å²) in [4.78, 5) is 22.8. The molecular weight excluding hydrogens is 326 g/mol. The molecule has 136 valence electrons. The van der Waals surface area contributed by atoms with Crippen molar-refractivity contribution in [2.24, 2.45) is 0 Å². The molecule has 1 aliphatic heterocycles. The van der Waals surface area contributed by atoms with E-state index < -0.39 is 0 Å². The van der Waals surface area contributed by atoms with Crippen molar-refractivity contribution in [3.8, 4) is 0 Å². The van der Waals surface area contributed by atoms with Gasteiger partial charge in [0.15, 0.2) is 0 Å². The number of amides is 1. The molecule has 0 atom stereocenters. The number of nitrogens with zero attached hydrogens (tertiary/aromatic N) is 3. The van der Waals surface area contributed by atoms with Gasteiger partial charge in [0, 0.05) is 36.5 Å². The number of nitrogens with two attached hydrogens (primary N) is 1. The number of rotatable bonds is 6. The predicted molar refractivity (Wildman–Crippen MR) is 104 cm³/mol. The number of carbonyl (C=O) groups is 1. The summed E-state index contributed by atoms with van der Waals surface area (Å²) in [7, 11) is 0. The topological polar surface area (TPSA) is 84.1 Å². The molecule has 3 N–H and O–H groups in total. The first-order chi connectivity index (χ1) is 12.6. The van der Waals surface area contributed by atoms with E-state index in [0.29, 0.717) is 13.0 Å². The third-order valence-electron chi connectivity index (χ3n) is 4.63. The Balaban J connectivity index is 1.68. The highest BCUT2D eigenvalue weighted by Gasteiger charge is 2.19. The van der Waals surface area contributed by atoms with Crippen LogP contribution in [0.4, 0.5) is 11.8 Å². The van der Waals surface area contributed by atoms with E-state index in [4.69, 9.17) is 5.73 Å². The molecule has 0 aliphatic carbocycles. The second kappa shape index (κ2) is 7.99. The quantitative estimate of drug-likeness (QED) is 0.782. The zero-order valence-electron chi connectivity index (χ0n) is 15.2. The van der Waals surface area contributed by atoms with Gasteiger partial charge in [0.2, 0.25) is 5.95 Å². The molecule has 1 aromatic heterocycles. The molecule has 6 nitrogen and oxygen atoms in total. The molecule has 1 aromatic carbocycles. The lowest BCUT2D eigenvalue weighted by Crippen LogP contribution is -2.27. The average molecular weight is 351 g/mol. The van der Waals surface area contributed by atoms with Crippen LogP contribution in [0.3, 0.4) is 0 Å². The summed E-state index contributed by atoms with van der Waals surface area (Å²) in [5, 5.41) is 3.33. The summed E-state index contributed by atoms with van der Waals surface area (Å²) in [6.07, 6.45) is 4.70. The summed E-state index contributed by atoms with van der Waals surface area (Å²) < 4.78 is 0. The van der Waals surface area contributed by atoms with E-state index in [2.05, 4.69) is 21.9 Å². The van der Waals surface area contributed by atoms with Crippen molar-refractivity contribution >= 4 is 17.7 Å². The van der Waals surface area contributed by atoms with Gasteiger partial charge in [0.25, 0.3) is 5.91 Å². The third-order valence-corrected chi connectivity index (χ3v) is 4.63. The van der Waals surface area contributed by atoms with E-state index in [9.17, 15) is 4.79 Å². The molecule has 1 fully saturated rings. The van der Waals surface area contributed by atoms with Gasteiger partial charge in [-0.1, -0.05) is 18.2 Å². The highest BCUT2D eigenvalue weighted by atomic mass is 16.2. The van der Waals surface area contributed by atoms with Gasteiger partial charge in [-0.05, 0) is 43.9 Å². The van der Waals surface area contributed by atoms with Crippen molar-refractivity contribution in [2.75, 3.05) is 24.1 Å². The molecule has 1 aliphatic rings. The fraction of sp³-hybridized carbons (Fsp3) is 0.350. The molecule has 0 spiro atoms. The normalized spacial score (nSPS) is 13.7. The van der Waals surface area contributed by atoms with Crippen LogP contribution in [0.2, 0.25) is 0 Å². The van der Waals surface area contributed by atoms with Crippen LogP contribution < -0.4 is 11.1 Å². The molecule has 1 saturated heterocycles. The Kier molecular flexibility index (Phi) is 5.51. The maximum Gasteiger partial charge on any atom is 0.253 e. The monoisotopic (exact) mass is 351 g/mol. The standard InChI is InChI=1S/C20H25N5O/c1-3-6-17-14(2)23-20(21)24-18(17)22-13-15-7-9-16(10-8-15)19(26)25-11-4-5-12-25/h3,7-10H,1,4-6,11-13H2,2H3,(H3,21,22,23,24). The Labute approximate surface area is 154 Å². The number of hydrogen-bond acceptors (Lipinski definition) is 5. The van der Waals surface area contributed by atoms with Crippen molar-refractivity contribution < 1.29 is 4.79 Å². The van der Waals surface area contributed by atoms with E-state index in [0.717, 1.165) is 54.1 Å². The van der Waals surface area contributed by atoms with Crippen molar-refractivity contribution in [1.82, 2.24) is 14.9 Å². The SMILES string of the molecule is C=CCc1c(C)nc(N)nc1NCc1ccc(C(=O)N2CCCC2)cc1. The summed E-state index contributed by atoms with van der Waals surface area (Å²) in [5.41, 5.74) is 9.44. The number of nitrogens with one attached hydrogen (secondary N) is 1. The smallest absolute Gasteiger partial charge is 0.253 e. The van der Waals surface area contributed by atoms with Gasteiger partial charge in [-0.25, -0.2) is 4.98 Å². The number of allylic oxidation sites excluding steroid dienone is 1. The van der Waals surface area contributed by atoms with Gasteiger partial charge in [0.05, 0.1) is 0 Å². The lowest BCUT2D eigenvalue weighted by molar-refractivity contribution is 0.0793. The number of aromatic nitrogens is 2.